The first-order valence-electron chi connectivity index (χ1n) is 8.73. The number of carbonyl (C=O) groups excluding carboxylic acids is 1. The Labute approximate surface area is 139 Å². The second-order valence-electron chi connectivity index (χ2n) is 7.72. The number of rotatable bonds is 1. The van der Waals surface area contributed by atoms with E-state index < -0.39 is 5.60 Å². The van der Waals surface area contributed by atoms with E-state index in [9.17, 15) is 4.79 Å². The van der Waals surface area contributed by atoms with Crippen LogP contribution in [-0.4, -0.2) is 36.2 Å². The second kappa shape index (κ2) is 6.52. The van der Waals surface area contributed by atoms with Crippen LogP contribution in [0.1, 0.15) is 56.2 Å². The summed E-state index contributed by atoms with van der Waals surface area (Å²) in [6.07, 6.45) is 3.21. The molecule has 4 nitrogen and oxygen atoms in total. The highest BCUT2D eigenvalue weighted by atomic mass is 16.6. The number of hydrogen-bond donors (Lipinski definition) is 1. The smallest absolute Gasteiger partial charge is 0.410 e. The van der Waals surface area contributed by atoms with Crippen LogP contribution in [0.3, 0.4) is 0 Å². The first kappa shape index (κ1) is 16.3. The van der Waals surface area contributed by atoms with Gasteiger partial charge in [-0.15, -0.1) is 0 Å². The fourth-order valence-electron chi connectivity index (χ4n) is 3.46. The molecule has 3 rings (SSSR count). The Bertz CT molecular complexity index is 577. The molecule has 1 aromatic rings. The number of aryl methyl sites for hydroxylation is 1. The fraction of sp³-hybridized carbons (Fsp3) is 0.632. The first-order valence-corrected chi connectivity index (χ1v) is 8.73. The maximum absolute atomic E-state index is 12.2. The van der Waals surface area contributed by atoms with Crippen LogP contribution in [0.2, 0.25) is 0 Å². The van der Waals surface area contributed by atoms with Gasteiger partial charge in [0.05, 0.1) is 0 Å². The lowest BCUT2D eigenvalue weighted by Gasteiger charge is -2.24. The van der Waals surface area contributed by atoms with E-state index in [4.69, 9.17) is 4.74 Å². The van der Waals surface area contributed by atoms with Crippen molar-refractivity contribution in [2.75, 3.05) is 19.6 Å². The zero-order valence-electron chi connectivity index (χ0n) is 14.5. The third-order valence-electron chi connectivity index (χ3n) is 4.66. The van der Waals surface area contributed by atoms with Gasteiger partial charge in [0.15, 0.2) is 0 Å². The van der Waals surface area contributed by atoms with E-state index in [1.807, 2.05) is 25.7 Å². The summed E-state index contributed by atoms with van der Waals surface area (Å²) in [7, 11) is 0. The number of nitrogens with one attached hydrogen (secondary N) is 1. The van der Waals surface area contributed by atoms with E-state index in [0.717, 1.165) is 39.0 Å². The average Bonchev–Trinajstić information content (AvgIpc) is 2.85. The van der Waals surface area contributed by atoms with Crippen molar-refractivity contribution in [2.24, 2.45) is 0 Å². The summed E-state index contributed by atoms with van der Waals surface area (Å²) < 4.78 is 5.49. The zero-order chi connectivity index (χ0) is 16.4. The molecule has 0 bridgehead atoms. The van der Waals surface area contributed by atoms with E-state index >= 15 is 0 Å². The summed E-state index contributed by atoms with van der Waals surface area (Å²) in [5.74, 6) is 0.427. The van der Waals surface area contributed by atoms with Crippen LogP contribution >= 0.6 is 0 Å². The molecule has 2 aliphatic rings. The van der Waals surface area contributed by atoms with Crippen molar-refractivity contribution < 1.29 is 9.53 Å². The molecule has 1 aromatic carbocycles. The number of amides is 1. The molecule has 4 heteroatoms. The molecule has 1 saturated heterocycles. The van der Waals surface area contributed by atoms with Crippen LogP contribution in [-0.2, 0) is 17.7 Å². The predicted molar refractivity (Wildman–Crippen MR) is 91.6 cm³/mol. The highest BCUT2D eigenvalue weighted by molar-refractivity contribution is 5.68. The van der Waals surface area contributed by atoms with Crippen LogP contribution in [0.5, 0.6) is 0 Å². The lowest BCUT2D eigenvalue weighted by molar-refractivity contribution is 0.0292. The number of carbonyl (C=O) groups is 1. The summed E-state index contributed by atoms with van der Waals surface area (Å²) >= 11 is 0. The number of hydrogen-bond acceptors (Lipinski definition) is 3. The van der Waals surface area contributed by atoms with E-state index in [1.54, 1.807) is 0 Å². The maximum atomic E-state index is 12.2. The summed E-state index contributed by atoms with van der Waals surface area (Å²) in [5, 5.41) is 3.49. The molecule has 1 N–H and O–H groups in total. The van der Waals surface area contributed by atoms with Gasteiger partial charge in [-0.3, -0.25) is 0 Å². The second-order valence-corrected chi connectivity index (χ2v) is 7.72. The largest absolute Gasteiger partial charge is 0.444 e. The van der Waals surface area contributed by atoms with Crippen LogP contribution in [0.25, 0.3) is 0 Å². The molecule has 126 valence electrons. The highest BCUT2D eigenvalue weighted by Crippen LogP contribution is 2.30. The molecule has 0 aliphatic carbocycles. The van der Waals surface area contributed by atoms with Crippen molar-refractivity contribution >= 4 is 6.09 Å². The number of likely N-dealkylation sites (tertiary alicyclic amines) is 1. The fourth-order valence-corrected chi connectivity index (χ4v) is 3.46. The van der Waals surface area contributed by atoms with Crippen molar-refractivity contribution in [3.8, 4) is 0 Å². The lowest BCUT2D eigenvalue weighted by atomic mass is 9.93. The van der Waals surface area contributed by atoms with Crippen molar-refractivity contribution in [2.45, 2.75) is 58.1 Å². The van der Waals surface area contributed by atoms with Crippen LogP contribution in [0.4, 0.5) is 4.79 Å². The molecular weight excluding hydrogens is 288 g/mol. The van der Waals surface area contributed by atoms with Gasteiger partial charge in [-0.25, -0.2) is 4.79 Å². The summed E-state index contributed by atoms with van der Waals surface area (Å²) in [6, 6.07) is 6.89. The van der Waals surface area contributed by atoms with E-state index in [1.165, 1.54) is 23.1 Å². The molecule has 1 amide bonds. The van der Waals surface area contributed by atoms with Gasteiger partial charge in [-0.2, -0.15) is 0 Å². The monoisotopic (exact) mass is 316 g/mol. The SMILES string of the molecule is CC(C)(C)OC(=O)N1CCC(c2ccc3c(c2)CNCCC3)C1. The molecule has 0 radical (unpaired) electrons. The van der Waals surface area contributed by atoms with Gasteiger partial charge in [0.25, 0.3) is 0 Å². The van der Waals surface area contributed by atoms with E-state index in [2.05, 4.69) is 23.5 Å². The summed E-state index contributed by atoms with van der Waals surface area (Å²) in [6.45, 7) is 9.36. The van der Waals surface area contributed by atoms with E-state index in [-0.39, 0.29) is 6.09 Å². The van der Waals surface area contributed by atoms with Gasteiger partial charge in [-0.05, 0) is 63.3 Å². The molecule has 1 fully saturated rings. The molecular formula is C19H28N2O2. The minimum Gasteiger partial charge on any atom is -0.444 e. The molecule has 2 heterocycles. The number of fused-ring (bicyclic) bond motifs is 1. The maximum Gasteiger partial charge on any atom is 0.410 e. The molecule has 0 spiro atoms. The van der Waals surface area contributed by atoms with Gasteiger partial charge in [-0.1, -0.05) is 18.2 Å². The van der Waals surface area contributed by atoms with Crippen molar-refractivity contribution in [1.82, 2.24) is 10.2 Å². The van der Waals surface area contributed by atoms with Gasteiger partial charge < -0.3 is 15.0 Å². The molecule has 0 aromatic heterocycles. The van der Waals surface area contributed by atoms with Crippen LogP contribution in [0.15, 0.2) is 18.2 Å². The Morgan fingerprint density at radius 2 is 2.13 bits per heavy atom. The minimum absolute atomic E-state index is 0.184. The zero-order valence-corrected chi connectivity index (χ0v) is 14.5. The minimum atomic E-state index is -0.426. The van der Waals surface area contributed by atoms with Gasteiger partial charge in [0.2, 0.25) is 0 Å². The molecule has 2 aliphatic heterocycles. The third kappa shape index (κ3) is 4.05. The van der Waals surface area contributed by atoms with Gasteiger partial charge in [0.1, 0.15) is 5.60 Å². The lowest BCUT2D eigenvalue weighted by Crippen LogP contribution is -2.35. The first-order chi connectivity index (χ1) is 10.9. The van der Waals surface area contributed by atoms with Crippen LogP contribution in [0, 0.1) is 0 Å². The summed E-state index contributed by atoms with van der Waals surface area (Å²) in [4.78, 5) is 14.1. The highest BCUT2D eigenvalue weighted by Gasteiger charge is 2.30. The Morgan fingerprint density at radius 3 is 2.91 bits per heavy atom. The number of nitrogens with zero attached hydrogens (tertiary/aromatic N) is 1. The van der Waals surface area contributed by atoms with Gasteiger partial charge >= 0.3 is 6.09 Å². The summed E-state index contributed by atoms with van der Waals surface area (Å²) in [5.41, 5.74) is 3.83. The van der Waals surface area contributed by atoms with Crippen molar-refractivity contribution in [3.63, 3.8) is 0 Å². The quantitative estimate of drug-likeness (QED) is 0.863. The predicted octanol–water partition coefficient (Wildman–Crippen LogP) is 3.45. The molecule has 23 heavy (non-hydrogen) atoms. The Morgan fingerprint density at radius 1 is 1.30 bits per heavy atom. The van der Waals surface area contributed by atoms with E-state index in [0.29, 0.717) is 5.92 Å². The topological polar surface area (TPSA) is 41.6 Å². The van der Waals surface area contributed by atoms with Gasteiger partial charge in [0, 0.05) is 25.6 Å². The molecule has 1 unspecified atom stereocenters. The standard InChI is InChI=1S/C19H28N2O2/c1-19(2,3)23-18(22)21-10-8-16(13-21)15-7-6-14-5-4-9-20-12-17(14)11-15/h6-7,11,16,20H,4-5,8-10,12-13H2,1-3H3. The van der Waals surface area contributed by atoms with Crippen molar-refractivity contribution in [3.05, 3.63) is 34.9 Å². The normalized spacial score (nSPS) is 21.7. The van der Waals surface area contributed by atoms with Crippen molar-refractivity contribution in [1.29, 1.82) is 0 Å². The third-order valence-corrected chi connectivity index (χ3v) is 4.66. The average molecular weight is 316 g/mol. The Hall–Kier alpha value is -1.55. The number of benzene rings is 1. The molecule has 1 atom stereocenters. The van der Waals surface area contributed by atoms with Crippen LogP contribution < -0.4 is 5.32 Å². The Balaban J connectivity index is 1.67. The molecule has 0 saturated carbocycles. The number of ether oxygens (including phenoxy) is 1. The Kier molecular flexibility index (Phi) is 4.62.